The quantitative estimate of drug-likeness (QED) is 0.726. The first-order valence-corrected chi connectivity index (χ1v) is 8.04. The predicted octanol–water partition coefficient (Wildman–Crippen LogP) is 5.14. The number of thiazole rings is 1. The van der Waals surface area contributed by atoms with Gasteiger partial charge in [0.05, 0.1) is 15.2 Å². The van der Waals surface area contributed by atoms with E-state index in [4.69, 9.17) is 4.98 Å². The highest BCUT2D eigenvalue weighted by atomic mass is 32.1. The second-order valence-electron chi connectivity index (χ2n) is 5.95. The Morgan fingerprint density at radius 3 is 2.56 bits per heavy atom. The van der Waals surface area contributed by atoms with Gasteiger partial charge in [0.15, 0.2) is 0 Å². The van der Waals surface area contributed by atoms with Crippen LogP contribution in [0.25, 0.3) is 10.2 Å². The van der Waals surface area contributed by atoms with E-state index in [2.05, 4.69) is 19.1 Å². The molecule has 4 rings (SSSR count). The Morgan fingerprint density at radius 2 is 1.83 bits per heavy atom. The van der Waals surface area contributed by atoms with E-state index in [0.29, 0.717) is 0 Å². The van der Waals surface area contributed by atoms with Gasteiger partial charge in [0.25, 0.3) is 0 Å². The van der Waals surface area contributed by atoms with Crippen molar-refractivity contribution in [1.29, 1.82) is 0 Å². The Bertz CT molecular complexity index is 588. The van der Waals surface area contributed by atoms with Crippen LogP contribution in [-0.4, -0.2) is 4.98 Å². The van der Waals surface area contributed by atoms with Gasteiger partial charge in [-0.05, 0) is 61.6 Å². The summed E-state index contributed by atoms with van der Waals surface area (Å²) >= 11 is 1.87. The van der Waals surface area contributed by atoms with Crippen molar-refractivity contribution >= 4 is 21.6 Å². The van der Waals surface area contributed by atoms with Crippen LogP contribution < -0.4 is 0 Å². The molecule has 0 aliphatic heterocycles. The van der Waals surface area contributed by atoms with Gasteiger partial charge in [-0.15, -0.1) is 11.3 Å². The van der Waals surface area contributed by atoms with Gasteiger partial charge in [-0.2, -0.15) is 0 Å². The van der Waals surface area contributed by atoms with E-state index in [9.17, 15) is 0 Å². The van der Waals surface area contributed by atoms with Gasteiger partial charge in [0.1, 0.15) is 0 Å². The summed E-state index contributed by atoms with van der Waals surface area (Å²) in [5.41, 5.74) is 4.47. The maximum absolute atomic E-state index is 4.80. The lowest BCUT2D eigenvalue weighted by Crippen LogP contribution is -1.95. The number of hydrogen-bond donors (Lipinski definition) is 0. The molecule has 1 nitrogen and oxygen atoms in total. The summed E-state index contributed by atoms with van der Waals surface area (Å²) in [6.45, 7) is 2.14. The van der Waals surface area contributed by atoms with Crippen molar-refractivity contribution < 1.29 is 0 Å². The Morgan fingerprint density at radius 1 is 1.06 bits per heavy atom. The largest absolute Gasteiger partial charge is 0.241 e. The number of hydrogen-bond acceptors (Lipinski definition) is 2. The van der Waals surface area contributed by atoms with E-state index >= 15 is 0 Å². The molecule has 1 heterocycles. The molecule has 18 heavy (non-hydrogen) atoms. The van der Waals surface area contributed by atoms with Crippen molar-refractivity contribution in [3.63, 3.8) is 0 Å². The predicted molar refractivity (Wildman–Crippen MR) is 77.5 cm³/mol. The van der Waals surface area contributed by atoms with Crippen LogP contribution in [0, 0.1) is 6.92 Å². The zero-order valence-electron chi connectivity index (χ0n) is 10.9. The van der Waals surface area contributed by atoms with Crippen LogP contribution in [0.4, 0.5) is 0 Å². The summed E-state index contributed by atoms with van der Waals surface area (Å²) in [6, 6.07) is 4.91. The lowest BCUT2D eigenvalue weighted by Gasteiger charge is -2.12. The summed E-state index contributed by atoms with van der Waals surface area (Å²) in [6.07, 6.45) is 8.35. The molecule has 0 saturated heterocycles. The number of aromatic nitrogens is 1. The number of benzene rings is 1. The monoisotopic (exact) mass is 257 g/mol. The molecular weight excluding hydrogens is 238 g/mol. The van der Waals surface area contributed by atoms with Crippen LogP contribution in [0.5, 0.6) is 0 Å². The van der Waals surface area contributed by atoms with E-state index in [-0.39, 0.29) is 0 Å². The molecule has 0 N–H and O–H groups in total. The van der Waals surface area contributed by atoms with E-state index < -0.39 is 0 Å². The molecular formula is C16H19NS. The topological polar surface area (TPSA) is 12.9 Å². The Kier molecular flexibility index (Phi) is 2.47. The smallest absolute Gasteiger partial charge is 0.0907 e. The lowest BCUT2D eigenvalue weighted by molar-refractivity contribution is 0.726. The number of nitrogens with zero attached hydrogens (tertiary/aromatic N) is 1. The van der Waals surface area contributed by atoms with Crippen molar-refractivity contribution in [3.8, 4) is 0 Å². The molecule has 0 bridgehead atoms. The van der Waals surface area contributed by atoms with E-state index in [1.54, 1.807) is 11.1 Å². The molecule has 1 aromatic heterocycles. The first-order chi connectivity index (χ1) is 8.81. The van der Waals surface area contributed by atoms with Crippen LogP contribution >= 0.6 is 11.3 Å². The Balaban J connectivity index is 1.90. The third kappa shape index (κ3) is 1.78. The minimum Gasteiger partial charge on any atom is -0.241 e. The van der Waals surface area contributed by atoms with Gasteiger partial charge in [0, 0.05) is 0 Å². The SMILES string of the molecule is Cc1nc2c(C3CCCC3)cc(C3CC3)cc2s1. The number of aryl methyl sites for hydroxylation is 1. The van der Waals surface area contributed by atoms with E-state index in [0.717, 1.165) is 11.8 Å². The number of fused-ring (bicyclic) bond motifs is 1. The Hall–Kier alpha value is -0.890. The number of rotatable bonds is 2. The van der Waals surface area contributed by atoms with Gasteiger partial charge >= 0.3 is 0 Å². The van der Waals surface area contributed by atoms with Crippen molar-refractivity contribution in [2.75, 3.05) is 0 Å². The van der Waals surface area contributed by atoms with Gasteiger partial charge in [-0.1, -0.05) is 18.9 Å². The van der Waals surface area contributed by atoms with Gasteiger partial charge < -0.3 is 0 Å². The Labute approximate surface area is 112 Å². The molecule has 2 saturated carbocycles. The highest BCUT2D eigenvalue weighted by Gasteiger charge is 2.27. The van der Waals surface area contributed by atoms with Crippen LogP contribution in [0.2, 0.25) is 0 Å². The molecule has 1 aromatic carbocycles. The molecule has 2 aliphatic carbocycles. The summed E-state index contributed by atoms with van der Waals surface area (Å²) in [4.78, 5) is 4.80. The fourth-order valence-corrected chi connectivity index (χ4v) is 4.30. The van der Waals surface area contributed by atoms with Gasteiger partial charge in [0.2, 0.25) is 0 Å². The summed E-state index contributed by atoms with van der Waals surface area (Å²) < 4.78 is 1.43. The minimum absolute atomic E-state index is 0.785. The molecule has 2 aliphatic rings. The van der Waals surface area contributed by atoms with Crippen LogP contribution in [0.3, 0.4) is 0 Å². The second-order valence-corrected chi connectivity index (χ2v) is 7.18. The third-order valence-corrected chi connectivity index (χ3v) is 5.42. The van der Waals surface area contributed by atoms with Crippen molar-refractivity contribution in [1.82, 2.24) is 4.98 Å². The molecule has 0 atom stereocenters. The lowest BCUT2D eigenvalue weighted by atomic mass is 9.94. The van der Waals surface area contributed by atoms with Gasteiger partial charge in [-0.25, -0.2) is 4.98 Å². The normalized spacial score (nSPS) is 20.9. The van der Waals surface area contributed by atoms with E-state index in [1.807, 2.05) is 11.3 Å². The average Bonchev–Trinajstić information content (AvgIpc) is 2.93. The van der Waals surface area contributed by atoms with Crippen LogP contribution in [0.15, 0.2) is 12.1 Å². The highest BCUT2D eigenvalue weighted by Crippen LogP contribution is 2.45. The molecule has 2 heteroatoms. The zero-order chi connectivity index (χ0) is 12.1. The van der Waals surface area contributed by atoms with Crippen molar-refractivity contribution in [2.24, 2.45) is 0 Å². The minimum atomic E-state index is 0.785. The standard InChI is InChI=1S/C16H19NS/c1-10-17-16-14(12-4-2-3-5-12)8-13(11-6-7-11)9-15(16)18-10/h8-9,11-12H,2-7H2,1H3. The first kappa shape index (κ1) is 11.0. The molecule has 94 valence electrons. The zero-order valence-corrected chi connectivity index (χ0v) is 11.7. The fourth-order valence-electron chi connectivity index (χ4n) is 3.39. The summed E-state index contributed by atoms with van der Waals surface area (Å²) in [5, 5.41) is 1.22. The third-order valence-electron chi connectivity index (χ3n) is 4.50. The maximum atomic E-state index is 4.80. The molecule has 2 aromatic rings. The van der Waals surface area contributed by atoms with Crippen molar-refractivity contribution in [3.05, 3.63) is 28.3 Å². The first-order valence-electron chi connectivity index (χ1n) is 7.22. The van der Waals surface area contributed by atoms with Crippen molar-refractivity contribution in [2.45, 2.75) is 57.3 Å². The highest BCUT2D eigenvalue weighted by molar-refractivity contribution is 7.18. The average molecular weight is 257 g/mol. The van der Waals surface area contributed by atoms with Gasteiger partial charge in [-0.3, -0.25) is 0 Å². The second kappa shape index (κ2) is 4.06. The van der Waals surface area contributed by atoms with E-state index in [1.165, 1.54) is 53.7 Å². The molecule has 0 amide bonds. The summed E-state index contributed by atoms with van der Waals surface area (Å²) in [5.74, 6) is 1.64. The van der Waals surface area contributed by atoms with Crippen LogP contribution in [-0.2, 0) is 0 Å². The summed E-state index contributed by atoms with van der Waals surface area (Å²) in [7, 11) is 0. The molecule has 0 unspecified atom stereocenters. The maximum Gasteiger partial charge on any atom is 0.0907 e. The fraction of sp³-hybridized carbons (Fsp3) is 0.562. The molecule has 0 spiro atoms. The molecule has 0 radical (unpaired) electrons. The van der Waals surface area contributed by atoms with Crippen LogP contribution in [0.1, 0.15) is 66.5 Å². The molecule has 2 fully saturated rings.